The van der Waals surface area contributed by atoms with Crippen molar-refractivity contribution < 1.29 is 19.0 Å². The minimum atomic E-state index is -0.645. The van der Waals surface area contributed by atoms with Crippen molar-refractivity contribution in [3.05, 3.63) is 82.7 Å². The summed E-state index contributed by atoms with van der Waals surface area (Å²) in [4.78, 5) is 2.12. The molecular formula is C22H24BrNO4. The third kappa shape index (κ3) is 6.12. The second kappa shape index (κ2) is 10.3. The molecule has 0 radical (unpaired) electrons. The maximum atomic E-state index is 10.5. The standard InChI is InChI=1S/C22H24BrNO4/c1-26-22-7-3-2-5-17(22)13-24(15-21-6-4-12-27-21)14-19(25)16-28-20-10-8-18(23)9-11-20/h2-12,19,25H,13-16H2,1H3. The van der Waals surface area contributed by atoms with Crippen LogP contribution in [0.2, 0.25) is 0 Å². The van der Waals surface area contributed by atoms with Gasteiger partial charge in [0, 0.05) is 23.1 Å². The van der Waals surface area contributed by atoms with Crippen LogP contribution >= 0.6 is 15.9 Å². The van der Waals surface area contributed by atoms with Gasteiger partial charge in [-0.1, -0.05) is 34.1 Å². The molecule has 0 spiro atoms. The Labute approximate surface area is 173 Å². The quantitative estimate of drug-likeness (QED) is 0.497. The molecule has 1 heterocycles. The van der Waals surface area contributed by atoms with Crippen LogP contribution in [0.3, 0.4) is 0 Å². The zero-order valence-electron chi connectivity index (χ0n) is 15.8. The minimum Gasteiger partial charge on any atom is -0.496 e. The second-order valence-corrected chi connectivity index (χ2v) is 7.40. The van der Waals surface area contributed by atoms with Crippen molar-refractivity contribution >= 4 is 15.9 Å². The van der Waals surface area contributed by atoms with Gasteiger partial charge in [-0.05, 0) is 42.5 Å². The highest BCUT2D eigenvalue weighted by atomic mass is 79.9. The van der Waals surface area contributed by atoms with Crippen LogP contribution in [0.25, 0.3) is 0 Å². The van der Waals surface area contributed by atoms with E-state index < -0.39 is 6.10 Å². The van der Waals surface area contributed by atoms with Gasteiger partial charge in [0.1, 0.15) is 30.0 Å². The van der Waals surface area contributed by atoms with E-state index in [0.717, 1.165) is 27.3 Å². The lowest BCUT2D eigenvalue weighted by molar-refractivity contribution is 0.0602. The molecule has 6 heteroatoms. The maximum Gasteiger partial charge on any atom is 0.123 e. The molecule has 0 amide bonds. The van der Waals surface area contributed by atoms with Crippen molar-refractivity contribution in [2.75, 3.05) is 20.3 Å². The van der Waals surface area contributed by atoms with E-state index in [4.69, 9.17) is 13.9 Å². The van der Waals surface area contributed by atoms with Crippen molar-refractivity contribution in [3.63, 3.8) is 0 Å². The fraction of sp³-hybridized carbons (Fsp3) is 0.273. The fourth-order valence-electron chi connectivity index (χ4n) is 2.96. The molecule has 148 valence electrons. The molecule has 0 fully saturated rings. The second-order valence-electron chi connectivity index (χ2n) is 6.48. The Balaban J connectivity index is 1.63. The van der Waals surface area contributed by atoms with Gasteiger partial charge in [0.05, 0.1) is 19.9 Å². The predicted molar refractivity (Wildman–Crippen MR) is 111 cm³/mol. The van der Waals surface area contributed by atoms with Crippen LogP contribution in [-0.4, -0.2) is 36.4 Å². The van der Waals surface area contributed by atoms with Crippen molar-refractivity contribution in [3.8, 4) is 11.5 Å². The third-order valence-electron chi connectivity index (χ3n) is 4.27. The average molecular weight is 446 g/mol. The number of nitrogens with zero attached hydrogens (tertiary/aromatic N) is 1. The van der Waals surface area contributed by atoms with E-state index in [9.17, 15) is 5.11 Å². The molecule has 0 aliphatic carbocycles. The first-order valence-electron chi connectivity index (χ1n) is 9.07. The molecule has 3 aromatic rings. The number of rotatable bonds is 10. The molecule has 0 aliphatic heterocycles. The van der Waals surface area contributed by atoms with E-state index in [1.807, 2.05) is 60.7 Å². The van der Waals surface area contributed by atoms with Crippen molar-refractivity contribution in [1.29, 1.82) is 0 Å². The summed E-state index contributed by atoms with van der Waals surface area (Å²) in [5, 5.41) is 10.5. The molecule has 2 aromatic carbocycles. The van der Waals surface area contributed by atoms with E-state index in [1.165, 1.54) is 0 Å². The Morgan fingerprint density at radius 2 is 1.82 bits per heavy atom. The monoisotopic (exact) mass is 445 g/mol. The number of benzene rings is 2. The van der Waals surface area contributed by atoms with Gasteiger partial charge in [-0.2, -0.15) is 0 Å². The summed E-state index contributed by atoms with van der Waals surface area (Å²) in [6, 6.07) is 19.2. The van der Waals surface area contributed by atoms with Gasteiger partial charge in [-0.25, -0.2) is 0 Å². The number of hydrogen-bond acceptors (Lipinski definition) is 5. The van der Waals surface area contributed by atoms with Crippen molar-refractivity contribution in [2.45, 2.75) is 19.2 Å². The Morgan fingerprint density at radius 1 is 1.04 bits per heavy atom. The Hall–Kier alpha value is -2.28. The highest BCUT2D eigenvalue weighted by molar-refractivity contribution is 9.10. The van der Waals surface area contributed by atoms with Crippen LogP contribution in [-0.2, 0) is 13.1 Å². The van der Waals surface area contributed by atoms with Crippen LogP contribution in [0.4, 0.5) is 0 Å². The number of hydrogen-bond donors (Lipinski definition) is 1. The normalized spacial score (nSPS) is 12.1. The third-order valence-corrected chi connectivity index (χ3v) is 4.80. The van der Waals surface area contributed by atoms with Gasteiger partial charge < -0.3 is 19.0 Å². The number of para-hydroxylation sites is 1. The van der Waals surface area contributed by atoms with Crippen LogP contribution in [0, 0.1) is 0 Å². The zero-order chi connectivity index (χ0) is 19.8. The molecule has 0 bridgehead atoms. The van der Waals surface area contributed by atoms with E-state index >= 15 is 0 Å². The first kappa shape index (κ1) is 20.5. The lowest BCUT2D eigenvalue weighted by atomic mass is 10.1. The summed E-state index contributed by atoms with van der Waals surface area (Å²) >= 11 is 3.40. The molecule has 1 unspecified atom stereocenters. The highest BCUT2D eigenvalue weighted by Crippen LogP contribution is 2.21. The number of aliphatic hydroxyl groups excluding tert-OH is 1. The van der Waals surface area contributed by atoms with Crippen LogP contribution in [0.15, 0.2) is 75.8 Å². The molecular weight excluding hydrogens is 422 g/mol. The van der Waals surface area contributed by atoms with E-state index in [2.05, 4.69) is 20.8 Å². The number of furan rings is 1. The molecule has 1 atom stereocenters. The maximum absolute atomic E-state index is 10.5. The molecule has 28 heavy (non-hydrogen) atoms. The first-order chi connectivity index (χ1) is 13.6. The van der Waals surface area contributed by atoms with Gasteiger partial charge in [-0.15, -0.1) is 0 Å². The fourth-order valence-corrected chi connectivity index (χ4v) is 3.22. The number of halogens is 1. The summed E-state index contributed by atoms with van der Waals surface area (Å²) < 4.78 is 17.6. The Bertz CT molecular complexity index is 836. The highest BCUT2D eigenvalue weighted by Gasteiger charge is 2.16. The molecule has 0 saturated heterocycles. The molecule has 0 saturated carbocycles. The average Bonchev–Trinajstić information content (AvgIpc) is 3.21. The Kier molecular flexibility index (Phi) is 7.54. The molecule has 3 rings (SSSR count). The lowest BCUT2D eigenvalue weighted by Crippen LogP contribution is -2.35. The largest absolute Gasteiger partial charge is 0.496 e. The molecule has 5 nitrogen and oxygen atoms in total. The smallest absolute Gasteiger partial charge is 0.123 e. The van der Waals surface area contributed by atoms with Crippen molar-refractivity contribution in [1.82, 2.24) is 4.90 Å². The summed E-state index contributed by atoms with van der Waals surface area (Å²) in [6.45, 7) is 1.86. The van der Waals surface area contributed by atoms with Crippen LogP contribution < -0.4 is 9.47 Å². The number of ether oxygens (including phenoxy) is 2. The summed E-state index contributed by atoms with van der Waals surface area (Å²) in [7, 11) is 1.66. The predicted octanol–water partition coefficient (Wildman–Crippen LogP) is 4.49. The van der Waals surface area contributed by atoms with Gasteiger partial charge in [-0.3, -0.25) is 4.90 Å². The molecule has 0 aliphatic rings. The first-order valence-corrected chi connectivity index (χ1v) is 9.86. The summed E-state index contributed by atoms with van der Waals surface area (Å²) in [5.74, 6) is 2.40. The minimum absolute atomic E-state index is 0.211. The summed E-state index contributed by atoms with van der Waals surface area (Å²) in [5.41, 5.74) is 1.05. The van der Waals surface area contributed by atoms with E-state index in [-0.39, 0.29) is 6.61 Å². The zero-order valence-corrected chi connectivity index (χ0v) is 17.3. The van der Waals surface area contributed by atoms with E-state index in [0.29, 0.717) is 19.6 Å². The number of methoxy groups -OCH3 is 1. The topological polar surface area (TPSA) is 55.1 Å². The SMILES string of the molecule is COc1ccccc1CN(Cc1ccco1)CC(O)COc1ccc(Br)cc1. The number of aliphatic hydroxyl groups is 1. The molecule has 1 aromatic heterocycles. The van der Waals surface area contributed by atoms with Crippen molar-refractivity contribution in [2.24, 2.45) is 0 Å². The molecule has 1 N–H and O–H groups in total. The Morgan fingerprint density at radius 3 is 2.54 bits per heavy atom. The van der Waals surface area contributed by atoms with Gasteiger partial charge in [0.2, 0.25) is 0 Å². The lowest BCUT2D eigenvalue weighted by Gasteiger charge is -2.25. The van der Waals surface area contributed by atoms with Gasteiger partial charge >= 0.3 is 0 Å². The van der Waals surface area contributed by atoms with Crippen LogP contribution in [0.5, 0.6) is 11.5 Å². The van der Waals surface area contributed by atoms with E-state index in [1.54, 1.807) is 13.4 Å². The van der Waals surface area contributed by atoms with Crippen LogP contribution in [0.1, 0.15) is 11.3 Å². The van der Waals surface area contributed by atoms with Gasteiger partial charge in [0.15, 0.2) is 0 Å². The van der Waals surface area contributed by atoms with Gasteiger partial charge in [0.25, 0.3) is 0 Å². The summed E-state index contributed by atoms with van der Waals surface area (Å²) in [6.07, 6.45) is 1.01.